The minimum Gasteiger partial charge on any atom is -0.301 e. The molecule has 0 bridgehead atoms. The molecule has 0 aromatic heterocycles. The summed E-state index contributed by atoms with van der Waals surface area (Å²) in [5.74, 6) is 0.600. The molecule has 1 rings (SSSR count). The highest BCUT2D eigenvalue weighted by molar-refractivity contribution is 5.94. The van der Waals surface area contributed by atoms with Crippen molar-refractivity contribution in [2.75, 3.05) is 7.11 Å². The van der Waals surface area contributed by atoms with E-state index < -0.39 is 0 Å². The van der Waals surface area contributed by atoms with Gasteiger partial charge in [0, 0.05) is 17.5 Å². The Morgan fingerprint density at radius 3 is 2.06 bits per heavy atom. The predicted octanol–water partition coefficient (Wildman–Crippen LogP) is 3.35. The molecule has 1 heterocycles. The van der Waals surface area contributed by atoms with Crippen molar-refractivity contribution in [2.24, 2.45) is 5.92 Å². The molecule has 1 fully saturated rings. The van der Waals surface area contributed by atoms with E-state index in [0.29, 0.717) is 17.9 Å². The van der Waals surface area contributed by atoms with Crippen LogP contribution in [0, 0.1) is 5.92 Å². The Hall–Kier alpha value is -0.670. The maximum absolute atomic E-state index is 11.8. The third-order valence-electron chi connectivity index (χ3n) is 3.81. The molecule has 0 radical (unpaired) electrons. The van der Waals surface area contributed by atoms with Gasteiger partial charge in [0.05, 0.1) is 7.11 Å². The fraction of sp³-hybridized carbons (Fsp3) is 0.800. The standard InChI is InChI=1S/C15H27NO2/c1-11(2)13(17)8-12-9-14(3,4)16(18-7)15(5,6)10-12/h12H,1,8-10H2,2-7H3. The van der Waals surface area contributed by atoms with Crippen molar-refractivity contribution in [1.29, 1.82) is 0 Å². The highest BCUT2D eigenvalue weighted by Gasteiger charge is 2.46. The topological polar surface area (TPSA) is 29.5 Å². The maximum atomic E-state index is 11.8. The van der Waals surface area contributed by atoms with Crippen LogP contribution in [0.3, 0.4) is 0 Å². The van der Waals surface area contributed by atoms with Crippen LogP contribution in [0.25, 0.3) is 0 Å². The van der Waals surface area contributed by atoms with Crippen LogP contribution in [0.5, 0.6) is 0 Å². The molecule has 0 aromatic carbocycles. The van der Waals surface area contributed by atoms with Crippen molar-refractivity contribution in [3.8, 4) is 0 Å². The summed E-state index contributed by atoms with van der Waals surface area (Å²) in [5.41, 5.74) is 0.576. The second kappa shape index (κ2) is 5.14. The summed E-state index contributed by atoms with van der Waals surface area (Å²) < 4.78 is 0. The first kappa shape index (κ1) is 15.4. The Balaban J connectivity index is 2.83. The van der Waals surface area contributed by atoms with Gasteiger partial charge >= 0.3 is 0 Å². The third kappa shape index (κ3) is 3.21. The van der Waals surface area contributed by atoms with E-state index in [1.807, 2.05) is 0 Å². The molecule has 1 aliphatic heterocycles. The Labute approximate surface area is 111 Å². The SMILES string of the molecule is C=C(C)C(=O)CC1CC(C)(C)N(OC)C(C)(C)C1. The van der Waals surface area contributed by atoms with Crippen LogP contribution in [0.4, 0.5) is 0 Å². The van der Waals surface area contributed by atoms with E-state index in [9.17, 15) is 4.79 Å². The number of hydrogen-bond acceptors (Lipinski definition) is 3. The Bertz CT molecular complexity index is 326. The van der Waals surface area contributed by atoms with Gasteiger partial charge < -0.3 is 4.84 Å². The molecule has 0 aliphatic carbocycles. The van der Waals surface area contributed by atoms with Crippen LogP contribution in [0.15, 0.2) is 12.2 Å². The Morgan fingerprint density at radius 2 is 1.72 bits per heavy atom. The monoisotopic (exact) mass is 253 g/mol. The second-order valence-electron chi connectivity index (χ2n) is 6.78. The molecule has 0 atom stereocenters. The summed E-state index contributed by atoms with van der Waals surface area (Å²) in [7, 11) is 1.73. The Kier molecular flexibility index (Phi) is 4.39. The molecule has 0 amide bonds. The van der Waals surface area contributed by atoms with Gasteiger partial charge in [-0.2, -0.15) is 5.06 Å². The minimum atomic E-state index is -0.0451. The van der Waals surface area contributed by atoms with E-state index >= 15 is 0 Å². The smallest absolute Gasteiger partial charge is 0.158 e. The molecule has 0 unspecified atom stereocenters. The van der Waals surface area contributed by atoms with Crippen molar-refractivity contribution in [1.82, 2.24) is 5.06 Å². The molecule has 18 heavy (non-hydrogen) atoms. The summed E-state index contributed by atoms with van der Waals surface area (Å²) in [4.78, 5) is 17.4. The van der Waals surface area contributed by atoms with E-state index in [0.717, 1.165) is 12.8 Å². The molecular weight excluding hydrogens is 226 g/mol. The van der Waals surface area contributed by atoms with Gasteiger partial charge in [-0.05, 0) is 59.0 Å². The van der Waals surface area contributed by atoms with Crippen LogP contribution in [-0.2, 0) is 9.63 Å². The number of ketones is 1. The average Bonchev–Trinajstić information content (AvgIpc) is 2.13. The lowest BCUT2D eigenvalue weighted by atomic mass is 9.73. The van der Waals surface area contributed by atoms with Crippen LogP contribution < -0.4 is 0 Å². The molecule has 0 aromatic rings. The van der Waals surface area contributed by atoms with E-state index in [1.54, 1.807) is 14.0 Å². The number of allylic oxidation sites excluding steroid dienone is 1. The molecule has 1 saturated heterocycles. The zero-order chi connectivity index (χ0) is 14.1. The quantitative estimate of drug-likeness (QED) is 0.720. The highest BCUT2D eigenvalue weighted by Crippen LogP contribution is 2.42. The fourth-order valence-electron chi connectivity index (χ4n) is 3.55. The van der Waals surface area contributed by atoms with Gasteiger partial charge in [0.2, 0.25) is 0 Å². The second-order valence-corrected chi connectivity index (χ2v) is 6.78. The lowest BCUT2D eigenvalue weighted by Gasteiger charge is -2.53. The molecule has 0 N–H and O–H groups in total. The van der Waals surface area contributed by atoms with Gasteiger partial charge in [-0.25, -0.2) is 0 Å². The van der Waals surface area contributed by atoms with Crippen molar-refractivity contribution in [2.45, 2.75) is 65.0 Å². The number of nitrogens with zero attached hydrogens (tertiary/aromatic N) is 1. The van der Waals surface area contributed by atoms with Crippen LogP contribution in [0.2, 0.25) is 0 Å². The van der Waals surface area contributed by atoms with Gasteiger partial charge in [0.25, 0.3) is 0 Å². The summed E-state index contributed by atoms with van der Waals surface area (Å²) >= 11 is 0. The maximum Gasteiger partial charge on any atom is 0.158 e. The zero-order valence-corrected chi connectivity index (χ0v) is 12.7. The van der Waals surface area contributed by atoms with Crippen molar-refractivity contribution in [3.05, 3.63) is 12.2 Å². The van der Waals surface area contributed by atoms with Gasteiger partial charge in [-0.3, -0.25) is 4.79 Å². The fourth-order valence-corrected chi connectivity index (χ4v) is 3.55. The Morgan fingerprint density at radius 1 is 1.28 bits per heavy atom. The molecule has 1 aliphatic rings. The number of carbonyl (C=O) groups is 1. The largest absolute Gasteiger partial charge is 0.301 e. The minimum absolute atomic E-state index is 0.0451. The number of rotatable bonds is 4. The molecule has 3 heteroatoms. The predicted molar refractivity (Wildman–Crippen MR) is 74.2 cm³/mol. The summed E-state index contributed by atoms with van der Waals surface area (Å²) in [6, 6.07) is 0. The van der Waals surface area contributed by atoms with Gasteiger partial charge in [0.15, 0.2) is 5.78 Å². The summed E-state index contributed by atoms with van der Waals surface area (Å²) in [6.45, 7) is 14.2. The van der Waals surface area contributed by atoms with Gasteiger partial charge in [-0.15, -0.1) is 0 Å². The molecule has 0 saturated carbocycles. The van der Waals surface area contributed by atoms with E-state index in [-0.39, 0.29) is 16.9 Å². The first-order valence-corrected chi connectivity index (χ1v) is 6.63. The number of carbonyl (C=O) groups excluding carboxylic acids is 1. The number of hydroxylamine groups is 2. The molecular formula is C15H27NO2. The van der Waals surface area contributed by atoms with Gasteiger partial charge in [-0.1, -0.05) is 6.58 Å². The lowest BCUT2D eigenvalue weighted by molar-refractivity contribution is -0.271. The first-order valence-electron chi connectivity index (χ1n) is 6.63. The normalized spacial score (nSPS) is 23.9. The van der Waals surface area contributed by atoms with Crippen molar-refractivity contribution in [3.63, 3.8) is 0 Å². The van der Waals surface area contributed by atoms with E-state index in [1.165, 1.54) is 0 Å². The van der Waals surface area contributed by atoms with Crippen LogP contribution in [0.1, 0.15) is 53.9 Å². The van der Waals surface area contributed by atoms with Crippen molar-refractivity contribution >= 4 is 5.78 Å². The third-order valence-corrected chi connectivity index (χ3v) is 3.81. The van der Waals surface area contributed by atoms with E-state index in [4.69, 9.17) is 4.84 Å². The molecule has 104 valence electrons. The molecule has 0 spiro atoms. The van der Waals surface area contributed by atoms with Crippen LogP contribution in [-0.4, -0.2) is 29.0 Å². The number of hydrogen-bond donors (Lipinski definition) is 0. The van der Waals surface area contributed by atoms with Crippen LogP contribution >= 0.6 is 0 Å². The van der Waals surface area contributed by atoms with Crippen molar-refractivity contribution < 1.29 is 9.63 Å². The summed E-state index contributed by atoms with van der Waals surface area (Å²) in [5, 5.41) is 2.07. The zero-order valence-electron chi connectivity index (χ0n) is 12.7. The number of piperidine rings is 1. The van der Waals surface area contributed by atoms with E-state index in [2.05, 4.69) is 39.3 Å². The first-order chi connectivity index (χ1) is 8.10. The number of Topliss-reactive ketones (excluding diaryl/α,β-unsaturated/α-hetero) is 1. The highest BCUT2D eigenvalue weighted by atomic mass is 16.7. The summed E-state index contributed by atoms with van der Waals surface area (Å²) in [6.07, 6.45) is 2.56. The molecule has 3 nitrogen and oxygen atoms in total. The lowest BCUT2D eigenvalue weighted by Crippen LogP contribution is -2.60. The van der Waals surface area contributed by atoms with Gasteiger partial charge in [0.1, 0.15) is 0 Å². The average molecular weight is 253 g/mol.